The first-order valence-electron chi connectivity index (χ1n) is 7.10. The van der Waals surface area contributed by atoms with Gasteiger partial charge >= 0.3 is 0 Å². The molecule has 0 amide bonds. The first kappa shape index (κ1) is 15.2. The van der Waals surface area contributed by atoms with Crippen molar-refractivity contribution in [1.82, 2.24) is 0 Å². The largest absolute Gasteiger partial charge is 0.508 e. The predicted molar refractivity (Wildman–Crippen MR) is 92.8 cm³/mol. The van der Waals surface area contributed by atoms with E-state index in [0.717, 1.165) is 32.0 Å². The van der Waals surface area contributed by atoms with Crippen molar-refractivity contribution in [2.45, 2.75) is 13.5 Å². The maximum absolute atomic E-state index is 10.8. The van der Waals surface area contributed by atoms with Crippen molar-refractivity contribution in [3.8, 4) is 33.1 Å². The fourth-order valence-corrected chi connectivity index (χ4v) is 3.91. The molecule has 23 heavy (non-hydrogen) atoms. The van der Waals surface area contributed by atoms with Crippen molar-refractivity contribution in [2.75, 3.05) is 0 Å². The number of hydrogen-bond acceptors (Lipinski definition) is 5. The highest BCUT2D eigenvalue weighted by Gasteiger charge is 2.18. The van der Waals surface area contributed by atoms with E-state index in [1.807, 2.05) is 25.1 Å². The van der Waals surface area contributed by atoms with E-state index < -0.39 is 0 Å². The molecule has 0 fully saturated rings. The molecule has 3 rings (SSSR count). The summed E-state index contributed by atoms with van der Waals surface area (Å²) in [6.07, 6.45) is 0. The van der Waals surface area contributed by atoms with Crippen LogP contribution in [0.25, 0.3) is 21.6 Å². The number of nitrogens with zero attached hydrogens (tertiary/aromatic N) is 1. The summed E-state index contributed by atoms with van der Waals surface area (Å²) in [4.78, 5) is 12.7. The van der Waals surface area contributed by atoms with Gasteiger partial charge in [-0.15, -0.1) is 11.3 Å². The molecule has 0 unspecified atom stereocenters. The fraction of sp³-hybridized carbons (Fsp3) is 0.111. The van der Waals surface area contributed by atoms with Crippen LogP contribution in [0.3, 0.4) is 0 Å². The first-order valence-corrected chi connectivity index (χ1v) is 7.92. The van der Waals surface area contributed by atoms with Gasteiger partial charge in [-0.1, -0.05) is 29.4 Å². The van der Waals surface area contributed by atoms with Gasteiger partial charge in [0, 0.05) is 15.3 Å². The first-order chi connectivity index (χ1) is 11.1. The summed E-state index contributed by atoms with van der Waals surface area (Å²) in [5, 5.41) is 22.2. The Balaban J connectivity index is 2.19. The number of rotatable bonds is 4. The Bertz CT molecular complexity index is 853. The summed E-state index contributed by atoms with van der Waals surface area (Å²) in [5.41, 5.74) is 3.84. The van der Waals surface area contributed by atoms with Crippen LogP contribution in [0.2, 0.25) is 0 Å². The van der Waals surface area contributed by atoms with Gasteiger partial charge in [-0.2, -0.15) is 4.91 Å². The molecule has 0 saturated carbocycles. The number of aromatic hydroxyl groups is 2. The Morgan fingerprint density at radius 1 is 1.00 bits per heavy atom. The van der Waals surface area contributed by atoms with Crippen LogP contribution >= 0.6 is 11.3 Å². The maximum atomic E-state index is 10.8. The van der Waals surface area contributed by atoms with Gasteiger partial charge in [0.1, 0.15) is 18.0 Å². The lowest BCUT2D eigenvalue weighted by atomic mass is 9.99. The predicted octanol–water partition coefficient (Wildman–Crippen LogP) is 5.07. The van der Waals surface area contributed by atoms with Gasteiger partial charge in [-0.25, -0.2) is 0 Å². The molecule has 0 radical (unpaired) electrons. The molecule has 0 atom stereocenters. The summed E-state index contributed by atoms with van der Waals surface area (Å²) >= 11 is 1.50. The maximum Gasteiger partial charge on any atom is 0.116 e. The van der Waals surface area contributed by atoms with E-state index in [9.17, 15) is 15.1 Å². The summed E-state index contributed by atoms with van der Waals surface area (Å²) in [7, 11) is 0. The summed E-state index contributed by atoms with van der Waals surface area (Å²) < 4.78 is 0. The standard InChI is InChI=1S/C18H15NO3S/c1-11-17(12-5-7-14(20)8-6-12)16(10-19-22)23-18(11)13-3-2-4-15(21)9-13/h2-9,20-21H,10H2,1H3. The minimum Gasteiger partial charge on any atom is -0.508 e. The van der Waals surface area contributed by atoms with E-state index in [0.29, 0.717) is 0 Å². The second-order valence-electron chi connectivity index (χ2n) is 5.24. The Morgan fingerprint density at radius 2 is 1.74 bits per heavy atom. The van der Waals surface area contributed by atoms with Gasteiger partial charge < -0.3 is 10.2 Å². The van der Waals surface area contributed by atoms with Gasteiger partial charge in [0.2, 0.25) is 0 Å². The minimum atomic E-state index is 0.0978. The molecule has 0 aliphatic carbocycles. The lowest BCUT2D eigenvalue weighted by Gasteiger charge is -2.05. The Kier molecular flexibility index (Phi) is 4.12. The zero-order valence-electron chi connectivity index (χ0n) is 12.5. The van der Waals surface area contributed by atoms with Gasteiger partial charge in [-0.05, 0) is 47.9 Å². The smallest absolute Gasteiger partial charge is 0.116 e. The fourth-order valence-electron chi connectivity index (χ4n) is 2.67. The van der Waals surface area contributed by atoms with Gasteiger partial charge in [-0.3, -0.25) is 0 Å². The van der Waals surface area contributed by atoms with Crippen molar-refractivity contribution in [1.29, 1.82) is 0 Å². The highest BCUT2D eigenvalue weighted by molar-refractivity contribution is 7.16. The van der Waals surface area contributed by atoms with Crippen LogP contribution in [0.5, 0.6) is 11.5 Å². The molecular weight excluding hydrogens is 310 g/mol. The average molecular weight is 325 g/mol. The van der Waals surface area contributed by atoms with E-state index in [4.69, 9.17) is 0 Å². The number of phenolic OH excluding ortho intramolecular Hbond substituents is 2. The Labute approximate surface area is 137 Å². The Hall–Kier alpha value is -2.66. The zero-order chi connectivity index (χ0) is 16.4. The molecular formula is C18H15NO3S. The van der Waals surface area contributed by atoms with E-state index >= 15 is 0 Å². The van der Waals surface area contributed by atoms with Crippen LogP contribution < -0.4 is 0 Å². The van der Waals surface area contributed by atoms with Crippen molar-refractivity contribution < 1.29 is 10.2 Å². The van der Waals surface area contributed by atoms with Crippen LogP contribution in [-0.4, -0.2) is 10.2 Å². The molecule has 0 spiro atoms. The summed E-state index contributed by atoms with van der Waals surface area (Å²) in [6, 6.07) is 13.9. The van der Waals surface area contributed by atoms with Gasteiger partial charge in [0.05, 0.1) is 0 Å². The minimum absolute atomic E-state index is 0.0978. The topological polar surface area (TPSA) is 69.9 Å². The van der Waals surface area contributed by atoms with E-state index in [2.05, 4.69) is 5.18 Å². The highest BCUT2D eigenvalue weighted by atomic mass is 32.1. The lowest BCUT2D eigenvalue weighted by Crippen LogP contribution is -1.84. The van der Waals surface area contributed by atoms with E-state index in [-0.39, 0.29) is 18.0 Å². The molecule has 2 aromatic carbocycles. The van der Waals surface area contributed by atoms with Crippen molar-refractivity contribution in [3.63, 3.8) is 0 Å². The molecule has 116 valence electrons. The van der Waals surface area contributed by atoms with Crippen molar-refractivity contribution in [3.05, 3.63) is 63.9 Å². The van der Waals surface area contributed by atoms with Crippen LogP contribution in [-0.2, 0) is 6.54 Å². The van der Waals surface area contributed by atoms with E-state index in [1.54, 1.807) is 30.3 Å². The number of nitroso groups, excluding NO2 is 1. The second kappa shape index (κ2) is 6.22. The molecule has 2 N–H and O–H groups in total. The average Bonchev–Trinajstić information content (AvgIpc) is 2.85. The second-order valence-corrected chi connectivity index (χ2v) is 6.34. The van der Waals surface area contributed by atoms with Crippen LogP contribution in [0, 0.1) is 11.8 Å². The normalized spacial score (nSPS) is 10.7. The molecule has 1 aromatic heterocycles. The van der Waals surface area contributed by atoms with Crippen LogP contribution in [0.1, 0.15) is 10.4 Å². The highest BCUT2D eigenvalue weighted by Crippen LogP contribution is 2.43. The number of thiophene rings is 1. The van der Waals surface area contributed by atoms with Crippen molar-refractivity contribution >= 4 is 11.3 Å². The van der Waals surface area contributed by atoms with Crippen LogP contribution in [0.4, 0.5) is 0 Å². The Morgan fingerprint density at radius 3 is 2.39 bits per heavy atom. The number of benzene rings is 2. The quantitative estimate of drug-likeness (QED) is 0.658. The lowest BCUT2D eigenvalue weighted by molar-refractivity contribution is 0.475. The third-order valence-electron chi connectivity index (χ3n) is 3.69. The molecule has 3 aromatic rings. The molecule has 0 aliphatic rings. The molecule has 0 aliphatic heterocycles. The SMILES string of the molecule is Cc1c(-c2cccc(O)c2)sc(CN=O)c1-c1ccc(O)cc1. The number of hydrogen-bond donors (Lipinski definition) is 2. The van der Waals surface area contributed by atoms with Crippen LogP contribution in [0.15, 0.2) is 53.7 Å². The van der Waals surface area contributed by atoms with Gasteiger partial charge in [0.25, 0.3) is 0 Å². The third-order valence-corrected chi connectivity index (χ3v) is 5.02. The van der Waals surface area contributed by atoms with Crippen molar-refractivity contribution in [2.24, 2.45) is 5.18 Å². The zero-order valence-corrected chi connectivity index (χ0v) is 13.3. The summed E-state index contributed by atoms with van der Waals surface area (Å²) in [5.74, 6) is 0.404. The molecule has 0 bridgehead atoms. The van der Waals surface area contributed by atoms with E-state index in [1.165, 1.54) is 11.3 Å². The molecule has 0 saturated heterocycles. The molecule has 5 heteroatoms. The van der Waals surface area contributed by atoms with Gasteiger partial charge in [0.15, 0.2) is 0 Å². The number of phenols is 2. The molecule has 1 heterocycles. The summed E-state index contributed by atoms with van der Waals surface area (Å²) in [6.45, 7) is 2.09. The monoisotopic (exact) mass is 325 g/mol. The third kappa shape index (κ3) is 2.96. The molecule has 4 nitrogen and oxygen atoms in total.